The van der Waals surface area contributed by atoms with Gasteiger partial charge in [-0.15, -0.1) is 11.3 Å². The molecule has 1 heterocycles. The molecule has 0 unspecified atom stereocenters. The lowest BCUT2D eigenvalue weighted by atomic mass is 10.4. The monoisotopic (exact) mass is 170 g/mol. The molecule has 3 N–H and O–H groups in total. The Bertz CT molecular complexity index is 257. The Morgan fingerprint density at radius 3 is 3.00 bits per heavy atom. The van der Waals surface area contributed by atoms with Crippen LogP contribution < -0.4 is 11.1 Å². The van der Waals surface area contributed by atoms with Crippen molar-refractivity contribution in [1.82, 2.24) is 5.32 Å². The van der Waals surface area contributed by atoms with E-state index in [0.29, 0.717) is 17.1 Å². The lowest BCUT2D eigenvalue weighted by Gasteiger charge is -1.95. The zero-order valence-corrected chi connectivity index (χ0v) is 7.07. The Labute approximate surface area is 69.2 Å². The second-order valence-electron chi connectivity index (χ2n) is 2.10. The van der Waals surface area contributed by atoms with Gasteiger partial charge in [-0.1, -0.05) is 0 Å². The first-order chi connectivity index (χ1) is 5.24. The lowest BCUT2D eigenvalue weighted by molar-refractivity contribution is 0.0960. The zero-order valence-electron chi connectivity index (χ0n) is 6.26. The van der Waals surface area contributed by atoms with Crippen LogP contribution in [-0.4, -0.2) is 12.5 Å². The molecule has 11 heavy (non-hydrogen) atoms. The molecule has 3 nitrogen and oxygen atoms in total. The average Bonchev–Trinajstić information content (AvgIpc) is 2.36. The summed E-state index contributed by atoms with van der Waals surface area (Å²) in [5.74, 6) is -0.0470. The number of hydrogen-bond acceptors (Lipinski definition) is 3. The van der Waals surface area contributed by atoms with Gasteiger partial charge in [-0.05, 0) is 13.0 Å². The summed E-state index contributed by atoms with van der Waals surface area (Å²) in [4.78, 5) is 11.8. The largest absolute Gasteiger partial charge is 0.398 e. The molecular weight excluding hydrogens is 160 g/mol. The molecule has 1 aromatic heterocycles. The first kappa shape index (κ1) is 8.07. The summed E-state index contributed by atoms with van der Waals surface area (Å²) < 4.78 is 0. The van der Waals surface area contributed by atoms with Crippen molar-refractivity contribution >= 4 is 22.9 Å². The van der Waals surface area contributed by atoms with Crippen LogP contribution in [0.4, 0.5) is 5.69 Å². The summed E-state index contributed by atoms with van der Waals surface area (Å²) in [6.07, 6.45) is 0. The number of anilines is 1. The summed E-state index contributed by atoms with van der Waals surface area (Å²) in [5.41, 5.74) is 6.09. The molecule has 1 rings (SSSR count). The maximum atomic E-state index is 11.1. The molecular formula is C7H10N2OS. The van der Waals surface area contributed by atoms with Gasteiger partial charge in [0.05, 0.1) is 4.88 Å². The van der Waals surface area contributed by atoms with Crippen molar-refractivity contribution in [2.45, 2.75) is 6.92 Å². The highest BCUT2D eigenvalue weighted by atomic mass is 32.1. The van der Waals surface area contributed by atoms with E-state index in [0.717, 1.165) is 0 Å². The van der Waals surface area contributed by atoms with Crippen molar-refractivity contribution in [2.24, 2.45) is 0 Å². The zero-order chi connectivity index (χ0) is 8.27. The quantitative estimate of drug-likeness (QED) is 0.697. The van der Waals surface area contributed by atoms with Gasteiger partial charge in [0.1, 0.15) is 0 Å². The van der Waals surface area contributed by atoms with Crippen LogP contribution in [0.2, 0.25) is 0 Å². The summed E-state index contributed by atoms with van der Waals surface area (Å²) in [6, 6.07) is 1.68. The number of thiophene rings is 1. The summed E-state index contributed by atoms with van der Waals surface area (Å²) in [7, 11) is 0. The van der Waals surface area contributed by atoms with Gasteiger partial charge in [0.15, 0.2) is 0 Å². The van der Waals surface area contributed by atoms with Gasteiger partial charge in [0.2, 0.25) is 0 Å². The number of hydrogen-bond donors (Lipinski definition) is 2. The van der Waals surface area contributed by atoms with Crippen molar-refractivity contribution < 1.29 is 4.79 Å². The maximum Gasteiger partial charge on any atom is 0.261 e. The third kappa shape index (κ3) is 1.94. The van der Waals surface area contributed by atoms with Crippen LogP contribution in [0.15, 0.2) is 11.4 Å². The van der Waals surface area contributed by atoms with E-state index in [1.807, 2.05) is 6.92 Å². The van der Waals surface area contributed by atoms with Crippen LogP contribution in [0.5, 0.6) is 0 Å². The van der Waals surface area contributed by atoms with E-state index in [1.165, 1.54) is 11.3 Å². The summed E-state index contributed by atoms with van der Waals surface area (Å²) in [5, 5.41) is 4.45. The third-order valence-corrected chi connectivity index (χ3v) is 2.13. The van der Waals surface area contributed by atoms with Gasteiger partial charge in [-0.2, -0.15) is 0 Å². The topological polar surface area (TPSA) is 55.1 Å². The van der Waals surface area contributed by atoms with Gasteiger partial charge in [-0.3, -0.25) is 4.79 Å². The minimum atomic E-state index is -0.0470. The molecule has 0 bridgehead atoms. The van der Waals surface area contributed by atoms with Crippen LogP contribution in [0.1, 0.15) is 16.6 Å². The van der Waals surface area contributed by atoms with Crippen LogP contribution in [0.3, 0.4) is 0 Å². The predicted octanol–water partition coefficient (Wildman–Crippen LogP) is 1.08. The van der Waals surface area contributed by atoms with E-state index in [4.69, 9.17) is 5.73 Å². The highest BCUT2D eigenvalue weighted by molar-refractivity contribution is 7.12. The van der Waals surface area contributed by atoms with E-state index < -0.39 is 0 Å². The molecule has 0 saturated carbocycles. The fourth-order valence-corrected chi connectivity index (χ4v) is 1.43. The molecule has 0 radical (unpaired) electrons. The minimum Gasteiger partial charge on any atom is -0.398 e. The molecule has 1 amide bonds. The Hall–Kier alpha value is -1.03. The second kappa shape index (κ2) is 3.39. The molecule has 0 aliphatic heterocycles. The predicted molar refractivity (Wildman–Crippen MR) is 46.7 cm³/mol. The molecule has 1 aromatic rings. The van der Waals surface area contributed by atoms with E-state index in [9.17, 15) is 4.79 Å². The molecule has 60 valence electrons. The second-order valence-corrected chi connectivity index (χ2v) is 3.01. The van der Waals surface area contributed by atoms with Crippen LogP contribution >= 0.6 is 11.3 Å². The van der Waals surface area contributed by atoms with Gasteiger partial charge in [-0.25, -0.2) is 0 Å². The molecule has 0 aliphatic rings. The summed E-state index contributed by atoms with van der Waals surface area (Å²) >= 11 is 1.36. The Morgan fingerprint density at radius 2 is 2.55 bits per heavy atom. The standard InChI is InChI=1S/C7H10N2OS/c1-2-9-7(10)6-3-5(8)4-11-6/h3-4H,2,8H2,1H3,(H,9,10). The number of nitrogens with two attached hydrogens (primary N) is 1. The van der Waals surface area contributed by atoms with E-state index in [-0.39, 0.29) is 5.91 Å². The molecule has 0 aromatic carbocycles. The van der Waals surface area contributed by atoms with Gasteiger partial charge in [0, 0.05) is 17.6 Å². The van der Waals surface area contributed by atoms with Crippen LogP contribution in [0.25, 0.3) is 0 Å². The summed E-state index contributed by atoms with van der Waals surface area (Å²) in [6.45, 7) is 2.53. The van der Waals surface area contributed by atoms with Crippen LogP contribution in [-0.2, 0) is 0 Å². The smallest absolute Gasteiger partial charge is 0.261 e. The number of rotatable bonds is 2. The maximum absolute atomic E-state index is 11.1. The molecule has 0 fully saturated rings. The Balaban J connectivity index is 2.69. The highest BCUT2D eigenvalue weighted by Crippen LogP contribution is 2.15. The van der Waals surface area contributed by atoms with Crippen molar-refractivity contribution in [3.05, 3.63) is 16.3 Å². The van der Waals surface area contributed by atoms with Gasteiger partial charge >= 0.3 is 0 Å². The van der Waals surface area contributed by atoms with Crippen molar-refractivity contribution in [3.63, 3.8) is 0 Å². The van der Waals surface area contributed by atoms with Crippen LogP contribution in [0, 0.1) is 0 Å². The third-order valence-electron chi connectivity index (χ3n) is 1.18. The SMILES string of the molecule is CCNC(=O)c1cc(N)cs1. The first-order valence-electron chi connectivity index (χ1n) is 3.36. The van der Waals surface area contributed by atoms with Crippen molar-refractivity contribution in [3.8, 4) is 0 Å². The van der Waals surface area contributed by atoms with Crippen molar-refractivity contribution in [1.29, 1.82) is 0 Å². The molecule has 4 heteroatoms. The molecule has 0 saturated heterocycles. The number of nitrogen functional groups attached to an aromatic ring is 1. The van der Waals surface area contributed by atoms with E-state index in [1.54, 1.807) is 11.4 Å². The highest BCUT2D eigenvalue weighted by Gasteiger charge is 2.05. The van der Waals surface area contributed by atoms with Gasteiger partial charge in [0.25, 0.3) is 5.91 Å². The fourth-order valence-electron chi connectivity index (χ4n) is 0.718. The Kier molecular flexibility index (Phi) is 2.48. The molecule has 0 spiro atoms. The normalized spacial score (nSPS) is 9.55. The minimum absolute atomic E-state index is 0.0470. The molecule has 0 atom stereocenters. The van der Waals surface area contributed by atoms with Gasteiger partial charge < -0.3 is 11.1 Å². The number of carbonyl (C=O) groups is 1. The van der Waals surface area contributed by atoms with Crippen molar-refractivity contribution in [2.75, 3.05) is 12.3 Å². The number of carbonyl (C=O) groups excluding carboxylic acids is 1. The lowest BCUT2D eigenvalue weighted by Crippen LogP contribution is -2.21. The number of amides is 1. The molecule has 0 aliphatic carbocycles. The first-order valence-corrected chi connectivity index (χ1v) is 4.24. The van der Waals surface area contributed by atoms with E-state index in [2.05, 4.69) is 5.32 Å². The Morgan fingerprint density at radius 1 is 1.82 bits per heavy atom. The fraction of sp³-hybridized carbons (Fsp3) is 0.286. The number of nitrogens with one attached hydrogen (secondary N) is 1. The van der Waals surface area contributed by atoms with E-state index >= 15 is 0 Å². The average molecular weight is 170 g/mol.